The number of aliphatic hydroxyl groups is 5. The fraction of sp³-hybridized carbons (Fsp3) is 0.735. The van der Waals surface area contributed by atoms with Crippen molar-refractivity contribution in [3.8, 4) is 0 Å². The fourth-order valence-corrected chi connectivity index (χ4v) is 9.61. The molecule has 3 aliphatic heterocycles. The van der Waals surface area contributed by atoms with E-state index in [1.807, 2.05) is 26.0 Å². The SMILES string of the molecule is CO[C@H]1C(=O)[C@H](C)C[C@H](C)/C=C/C=C/C=C(\C)[C@@H](O)C[C@@H]2CC[C@@H](C)[C@@](O)(O2)C(=O)C(=O)N2CCCC[C@H]2C(=O)O[C@H]([C@H](C)C[C@@H]2CC[C@@H](O)[C@H](O)C2)CC(=O)[C@H](C)/C=C(\C)[C@H]1O. The third kappa shape index (κ3) is 13.8. The van der Waals surface area contributed by atoms with Crippen molar-refractivity contribution in [2.75, 3.05) is 13.7 Å². The number of carbonyl (C=O) groups is 5. The van der Waals surface area contributed by atoms with Crippen molar-refractivity contribution in [1.82, 2.24) is 4.90 Å². The standard InChI is InChI=1S/C49H75NO13/c1-28-14-10-9-11-15-29(2)39(52)26-36-19-17-34(7)49(60,63-36)46(57)47(58)50-21-13-12-16-37(50)48(59)62-42(31(4)24-35-18-20-38(51)41(54)25-35)27-40(53)30(3)23-33(6)44(56)45(61-8)43(55)32(5)22-28/h9-11,14-15,23,28,30-32,34-39,41-42,44-45,51-52,54,56,60H,12-13,16-22,24-27H2,1-8H3/b11-9+,14-10+,29-15+,33-23+/t28-,30-,31-,32-,34-,35+,36+,37+,38-,39+,41-,42+,44-,45+,49-/m1/s1. The Morgan fingerprint density at radius 1 is 0.857 bits per heavy atom. The number of carbonyl (C=O) groups excluding carboxylic acids is 5. The van der Waals surface area contributed by atoms with Crippen molar-refractivity contribution in [1.29, 1.82) is 0 Å². The van der Waals surface area contributed by atoms with E-state index in [9.17, 15) is 49.5 Å². The van der Waals surface area contributed by atoms with Gasteiger partial charge in [0.25, 0.3) is 11.7 Å². The second-order valence-electron chi connectivity index (χ2n) is 19.2. The zero-order valence-corrected chi connectivity index (χ0v) is 38.7. The molecule has 1 amide bonds. The molecule has 4 rings (SSSR count). The smallest absolute Gasteiger partial charge is 0.329 e. The topological polar surface area (TPSA) is 217 Å². The maximum Gasteiger partial charge on any atom is 0.329 e. The monoisotopic (exact) mass is 886 g/mol. The van der Waals surface area contributed by atoms with Crippen LogP contribution in [0.1, 0.15) is 126 Å². The molecule has 1 saturated carbocycles. The zero-order chi connectivity index (χ0) is 46.8. The first-order valence-corrected chi connectivity index (χ1v) is 23.2. The van der Waals surface area contributed by atoms with Crippen molar-refractivity contribution < 1.29 is 63.7 Å². The minimum absolute atomic E-state index is 0.0108. The molecule has 1 aliphatic carbocycles. The summed E-state index contributed by atoms with van der Waals surface area (Å²) in [6.45, 7) is 12.3. The van der Waals surface area contributed by atoms with Crippen LogP contribution in [0.4, 0.5) is 0 Å². The Morgan fingerprint density at radius 2 is 1.57 bits per heavy atom. The van der Waals surface area contributed by atoms with Crippen LogP contribution in [0, 0.1) is 35.5 Å². The Morgan fingerprint density at radius 3 is 2.25 bits per heavy atom. The number of ketones is 3. The Balaban J connectivity index is 1.69. The van der Waals surface area contributed by atoms with Crippen LogP contribution in [0.3, 0.4) is 0 Å². The van der Waals surface area contributed by atoms with Crippen LogP contribution in [-0.2, 0) is 38.2 Å². The molecule has 5 N–H and O–H groups in total. The van der Waals surface area contributed by atoms with Crippen LogP contribution >= 0.6 is 0 Å². The number of amides is 1. The van der Waals surface area contributed by atoms with Gasteiger partial charge in [-0.2, -0.15) is 0 Å². The van der Waals surface area contributed by atoms with E-state index in [0.717, 1.165) is 4.90 Å². The number of allylic oxidation sites excluding steroid dienone is 6. The number of aliphatic hydroxyl groups excluding tert-OH is 4. The third-order valence-corrected chi connectivity index (χ3v) is 13.9. The highest BCUT2D eigenvalue weighted by Crippen LogP contribution is 2.37. The second kappa shape index (κ2) is 23.7. The summed E-state index contributed by atoms with van der Waals surface area (Å²) in [5.74, 6) is -8.57. The normalized spacial score (nSPS) is 41.3. The van der Waals surface area contributed by atoms with Crippen LogP contribution in [0.5, 0.6) is 0 Å². The highest BCUT2D eigenvalue weighted by molar-refractivity contribution is 6.39. The first-order valence-electron chi connectivity index (χ1n) is 23.2. The summed E-state index contributed by atoms with van der Waals surface area (Å²) in [5, 5.41) is 54.8. The maximum absolute atomic E-state index is 14.2. The van der Waals surface area contributed by atoms with Gasteiger partial charge in [-0.05, 0) is 107 Å². The summed E-state index contributed by atoms with van der Waals surface area (Å²) >= 11 is 0. The minimum atomic E-state index is -2.49. The Hall–Kier alpha value is -3.37. The molecule has 15 atom stereocenters. The van der Waals surface area contributed by atoms with E-state index >= 15 is 0 Å². The van der Waals surface area contributed by atoms with E-state index in [4.69, 9.17) is 14.2 Å². The van der Waals surface area contributed by atoms with E-state index in [-0.39, 0.29) is 49.2 Å². The predicted molar refractivity (Wildman–Crippen MR) is 236 cm³/mol. The molecule has 2 bridgehead atoms. The van der Waals surface area contributed by atoms with E-state index in [1.165, 1.54) is 7.11 Å². The van der Waals surface area contributed by atoms with Crippen molar-refractivity contribution >= 4 is 29.2 Å². The predicted octanol–water partition coefficient (Wildman–Crippen LogP) is 4.87. The Labute approximate surface area is 373 Å². The number of methoxy groups -OCH3 is 1. The number of hydrogen-bond acceptors (Lipinski definition) is 13. The maximum atomic E-state index is 14.2. The van der Waals surface area contributed by atoms with Crippen LogP contribution < -0.4 is 0 Å². The Kier molecular flexibility index (Phi) is 19.7. The lowest BCUT2D eigenvalue weighted by Crippen LogP contribution is -2.61. The van der Waals surface area contributed by atoms with Gasteiger partial charge in [0, 0.05) is 44.2 Å². The molecule has 63 heavy (non-hydrogen) atoms. The number of piperidine rings is 1. The molecular formula is C49H75NO13. The van der Waals surface area contributed by atoms with Crippen LogP contribution in [0.15, 0.2) is 47.6 Å². The van der Waals surface area contributed by atoms with E-state index in [1.54, 1.807) is 58.9 Å². The quantitative estimate of drug-likeness (QED) is 0.145. The average molecular weight is 886 g/mol. The van der Waals surface area contributed by atoms with Gasteiger partial charge in [0.05, 0.1) is 24.4 Å². The van der Waals surface area contributed by atoms with Crippen LogP contribution in [0.2, 0.25) is 0 Å². The van der Waals surface area contributed by atoms with Crippen molar-refractivity contribution in [3.63, 3.8) is 0 Å². The first-order chi connectivity index (χ1) is 29.7. The number of Topliss-reactive ketones (excluding diaryl/α,β-unsaturated/α-hetero) is 3. The highest BCUT2D eigenvalue weighted by atomic mass is 16.6. The number of cyclic esters (lactones) is 1. The molecule has 14 nitrogen and oxygen atoms in total. The lowest BCUT2D eigenvalue weighted by Gasteiger charge is -2.42. The molecule has 14 heteroatoms. The molecule has 0 radical (unpaired) electrons. The van der Waals surface area contributed by atoms with Gasteiger partial charge in [0.2, 0.25) is 5.79 Å². The molecule has 0 aromatic heterocycles. The van der Waals surface area contributed by atoms with Gasteiger partial charge in [-0.1, -0.05) is 71.1 Å². The van der Waals surface area contributed by atoms with Gasteiger partial charge in [0.15, 0.2) is 5.78 Å². The number of fused-ring (bicyclic) bond motifs is 3. The number of ether oxygens (including phenoxy) is 3. The number of hydrogen-bond donors (Lipinski definition) is 5. The molecule has 0 spiro atoms. The molecule has 354 valence electrons. The largest absolute Gasteiger partial charge is 0.460 e. The van der Waals surface area contributed by atoms with Gasteiger partial charge in [-0.25, -0.2) is 4.79 Å². The summed E-state index contributed by atoms with van der Waals surface area (Å²) < 4.78 is 17.7. The summed E-state index contributed by atoms with van der Waals surface area (Å²) in [6, 6.07) is -1.18. The van der Waals surface area contributed by atoms with Crippen LogP contribution in [0.25, 0.3) is 0 Å². The minimum Gasteiger partial charge on any atom is -0.460 e. The number of rotatable bonds is 4. The van der Waals surface area contributed by atoms with Gasteiger partial charge in [-0.3, -0.25) is 19.2 Å². The van der Waals surface area contributed by atoms with E-state index in [0.29, 0.717) is 68.9 Å². The van der Waals surface area contributed by atoms with E-state index in [2.05, 4.69) is 0 Å². The lowest BCUT2D eigenvalue weighted by atomic mass is 9.78. The van der Waals surface area contributed by atoms with Gasteiger partial charge in [-0.15, -0.1) is 0 Å². The van der Waals surface area contributed by atoms with Gasteiger partial charge in [0.1, 0.15) is 30.1 Å². The Bertz CT molecular complexity index is 1720. The molecule has 3 heterocycles. The van der Waals surface area contributed by atoms with Crippen molar-refractivity contribution in [2.45, 2.75) is 180 Å². The summed E-state index contributed by atoms with van der Waals surface area (Å²) in [5.41, 5.74) is 0.978. The molecule has 0 aromatic rings. The second-order valence-corrected chi connectivity index (χ2v) is 19.2. The van der Waals surface area contributed by atoms with Crippen molar-refractivity contribution in [3.05, 3.63) is 47.6 Å². The first kappa shape index (κ1) is 52.3. The molecule has 3 fully saturated rings. The molecular weight excluding hydrogens is 811 g/mol. The van der Waals surface area contributed by atoms with Crippen LogP contribution in [-0.4, -0.2) is 128 Å². The highest BCUT2D eigenvalue weighted by Gasteiger charge is 2.53. The number of esters is 1. The van der Waals surface area contributed by atoms with Crippen molar-refractivity contribution in [2.24, 2.45) is 35.5 Å². The van der Waals surface area contributed by atoms with Gasteiger partial charge >= 0.3 is 5.97 Å². The molecule has 0 unspecified atom stereocenters. The number of nitrogens with zero attached hydrogens (tertiary/aromatic N) is 1. The summed E-state index contributed by atoms with van der Waals surface area (Å²) in [4.78, 5) is 71.2. The van der Waals surface area contributed by atoms with Gasteiger partial charge < -0.3 is 44.6 Å². The average Bonchev–Trinajstić information content (AvgIpc) is 3.24. The lowest BCUT2D eigenvalue weighted by molar-refractivity contribution is -0.265. The summed E-state index contributed by atoms with van der Waals surface area (Å²) in [6.07, 6.45) is 7.96. The molecule has 0 aromatic carbocycles. The fourth-order valence-electron chi connectivity index (χ4n) is 9.61. The third-order valence-electron chi connectivity index (χ3n) is 13.9. The zero-order valence-electron chi connectivity index (χ0n) is 38.7. The van der Waals surface area contributed by atoms with E-state index < -0.39 is 95.9 Å². The summed E-state index contributed by atoms with van der Waals surface area (Å²) in [7, 11) is 1.36. The molecule has 2 saturated heterocycles. The molecule has 4 aliphatic rings.